The molecule has 0 spiro atoms. The monoisotopic (exact) mass is 310 g/mol. The van der Waals surface area contributed by atoms with E-state index in [9.17, 15) is 18.8 Å². The van der Waals surface area contributed by atoms with Crippen molar-refractivity contribution >= 4 is 23.5 Å². The molecule has 7 heteroatoms. The molecule has 0 heterocycles. The third-order valence-electron chi connectivity index (χ3n) is 2.76. The highest BCUT2D eigenvalue weighted by molar-refractivity contribution is 5.93. The fourth-order valence-corrected chi connectivity index (χ4v) is 1.72. The van der Waals surface area contributed by atoms with Gasteiger partial charge < -0.3 is 15.7 Å². The van der Waals surface area contributed by atoms with Gasteiger partial charge in [-0.25, -0.2) is 9.18 Å². The van der Waals surface area contributed by atoms with Gasteiger partial charge in [-0.2, -0.15) is 0 Å². The van der Waals surface area contributed by atoms with Crippen LogP contribution in [0.25, 0.3) is 0 Å². The van der Waals surface area contributed by atoms with Gasteiger partial charge in [0.15, 0.2) is 0 Å². The summed E-state index contributed by atoms with van der Waals surface area (Å²) >= 11 is 0. The van der Waals surface area contributed by atoms with E-state index in [1.807, 2.05) is 13.8 Å². The van der Waals surface area contributed by atoms with E-state index in [4.69, 9.17) is 5.11 Å². The summed E-state index contributed by atoms with van der Waals surface area (Å²) in [4.78, 5) is 33.7. The Morgan fingerprint density at radius 1 is 1.23 bits per heavy atom. The molecule has 0 atom stereocenters. The smallest absolute Gasteiger partial charge is 0.335 e. The first-order chi connectivity index (χ1) is 10.3. The Labute approximate surface area is 127 Å². The highest BCUT2D eigenvalue weighted by Crippen LogP contribution is 2.16. The molecule has 0 radical (unpaired) electrons. The number of hydrogen-bond donors (Lipinski definition) is 3. The molecule has 0 aliphatic carbocycles. The van der Waals surface area contributed by atoms with E-state index in [1.165, 1.54) is 12.1 Å². The van der Waals surface area contributed by atoms with Crippen LogP contribution in [-0.4, -0.2) is 29.4 Å². The van der Waals surface area contributed by atoms with E-state index in [1.54, 1.807) is 0 Å². The van der Waals surface area contributed by atoms with E-state index in [-0.39, 0.29) is 36.0 Å². The molecule has 0 saturated heterocycles. The molecule has 1 aromatic carbocycles. The van der Waals surface area contributed by atoms with Crippen LogP contribution in [0.1, 0.15) is 37.0 Å². The minimum atomic E-state index is -1.25. The molecular formula is C15H19FN2O4. The highest BCUT2D eigenvalue weighted by Gasteiger charge is 2.11. The lowest BCUT2D eigenvalue weighted by Gasteiger charge is -2.09. The van der Waals surface area contributed by atoms with Crippen LogP contribution in [0.15, 0.2) is 18.2 Å². The molecule has 0 aromatic heterocycles. The highest BCUT2D eigenvalue weighted by atomic mass is 19.1. The van der Waals surface area contributed by atoms with E-state index in [0.29, 0.717) is 6.42 Å². The van der Waals surface area contributed by atoms with Gasteiger partial charge in [0, 0.05) is 19.4 Å². The Morgan fingerprint density at radius 2 is 1.91 bits per heavy atom. The number of amides is 2. The number of carboxylic acids is 1. The quantitative estimate of drug-likeness (QED) is 0.718. The van der Waals surface area contributed by atoms with Crippen molar-refractivity contribution < 1.29 is 23.9 Å². The Balaban J connectivity index is 2.45. The zero-order chi connectivity index (χ0) is 16.7. The predicted octanol–water partition coefficient (Wildman–Crippen LogP) is 2.01. The maximum atomic E-state index is 13.6. The number of carboxylic acid groups (broad SMARTS) is 1. The lowest BCUT2D eigenvalue weighted by atomic mass is 10.1. The van der Waals surface area contributed by atoms with Crippen LogP contribution in [0, 0.1) is 11.7 Å². The average Bonchev–Trinajstić information content (AvgIpc) is 2.39. The summed E-state index contributed by atoms with van der Waals surface area (Å²) in [6.07, 6.45) is 0.386. The van der Waals surface area contributed by atoms with Crippen LogP contribution in [0.3, 0.4) is 0 Å². The minimum absolute atomic E-state index is 0.00393. The molecule has 2 amide bonds. The van der Waals surface area contributed by atoms with Crippen molar-refractivity contribution in [3.05, 3.63) is 29.6 Å². The largest absolute Gasteiger partial charge is 0.478 e. The molecule has 0 aliphatic heterocycles. The molecule has 0 aliphatic rings. The fraction of sp³-hybridized carbons (Fsp3) is 0.400. The lowest BCUT2D eigenvalue weighted by Crippen LogP contribution is -2.28. The van der Waals surface area contributed by atoms with Gasteiger partial charge in [-0.3, -0.25) is 9.59 Å². The average molecular weight is 310 g/mol. The van der Waals surface area contributed by atoms with Crippen molar-refractivity contribution in [1.29, 1.82) is 0 Å². The molecule has 0 saturated carbocycles. The van der Waals surface area contributed by atoms with Crippen molar-refractivity contribution in [3.63, 3.8) is 0 Å². The summed E-state index contributed by atoms with van der Waals surface area (Å²) in [5, 5.41) is 13.6. The maximum Gasteiger partial charge on any atom is 0.335 e. The van der Waals surface area contributed by atoms with Crippen molar-refractivity contribution in [1.82, 2.24) is 5.32 Å². The van der Waals surface area contributed by atoms with Gasteiger partial charge in [0.05, 0.1) is 11.3 Å². The van der Waals surface area contributed by atoms with Crippen LogP contribution in [0.4, 0.5) is 10.1 Å². The normalized spacial score (nSPS) is 10.4. The Kier molecular flexibility index (Phi) is 6.49. The van der Waals surface area contributed by atoms with E-state index >= 15 is 0 Å². The molecule has 0 bridgehead atoms. The molecule has 0 fully saturated rings. The predicted molar refractivity (Wildman–Crippen MR) is 79.1 cm³/mol. The number of rotatable bonds is 7. The van der Waals surface area contributed by atoms with E-state index in [0.717, 1.165) is 6.07 Å². The van der Waals surface area contributed by atoms with Gasteiger partial charge in [0.1, 0.15) is 5.82 Å². The molecule has 0 unspecified atom stereocenters. The van der Waals surface area contributed by atoms with Gasteiger partial charge >= 0.3 is 5.97 Å². The lowest BCUT2D eigenvalue weighted by molar-refractivity contribution is -0.122. The Hall–Kier alpha value is -2.44. The van der Waals surface area contributed by atoms with Crippen LogP contribution >= 0.6 is 0 Å². The maximum absolute atomic E-state index is 13.6. The molecule has 1 aromatic rings. The number of benzene rings is 1. The fourth-order valence-electron chi connectivity index (χ4n) is 1.72. The summed E-state index contributed by atoms with van der Waals surface area (Å²) in [5.41, 5.74) is -0.292. The molecule has 6 nitrogen and oxygen atoms in total. The number of nitrogens with one attached hydrogen (secondary N) is 2. The van der Waals surface area contributed by atoms with Gasteiger partial charge in [-0.15, -0.1) is 0 Å². The third kappa shape index (κ3) is 5.90. The Bertz CT molecular complexity index is 573. The van der Waals surface area contributed by atoms with Crippen LogP contribution < -0.4 is 10.6 Å². The summed E-state index contributed by atoms with van der Waals surface area (Å²) in [7, 11) is 0. The number of carbonyl (C=O) groups excluding carboxylic acids is 2. The zero-order valence-electron chi connectivity index (χ0n) is 12.5. The summed E-state index contributed by atoms with van der Waals surface area (Å²) in [5.74, 6) is -2.44. The third-order valence-corrected chi connectivity index (χ3v) is 2.76. The first-order valence-corrected chi connectivity index (χ1v) is 6.89. The van der Waals surface area contributed by atoms with Crippen molar-refractivity contribution in [2.75, 3.05) is 11.9 Å². The summed E-state index contributed by atoms with van der Waals surface area (Å²) in [6.45, 7) is 3.98. The van der Waals surface area contributed by atoms with Crippen LogP contribution in [0.2, 0.25) is 0 Å². The van der Waals surface area contributed by atoms with Gasteiger partial charge in [-0.1, -0.05) is 13.8 Å². The van der Waals surface area contributed by atoms with E-state index in [2.05, 4.69) is 10.6 Å². The Morgan fingerprint density at radius 3 is 2.45 bits per heavy atom. The molecule has 22 heavy (non-hydrogen) atoms. The number of halogens is 1. The first kappa shape index (κ1) is 17.6. The minimum Gasteiger partial charge on any atom is -0.478 e. The molecule has 1 rings (SSSR count). The van der Waals surface area contributed by atoms with Crippen molar-refractivity contribution in [2.24, 2.45) is 5.92 Å². The van der Waals surface area contributed by atoms with Gasteiger partial charge in [-0.05, 0) is 24.1 Å². The van der Waals surface area contributed by atoms with Crippen molar-refractivity contribution in [2.45, 2.75) is 26.7 Å². The van der Waals surface area contributed by atoms with Crippen molar-refractivity contribution in [3.8, 4) is 0 Å². The van der Waals surface area contributed by atoms with Crippen LogP contribution in [-0.2, 0) is 9.59 Å². The second kappa shape index (κ2) is 8.11. The zero-order valence-corrected chi connectivity index (χ0v) is 12.5. The van der Waals surface area contributed by atoms with Gasteiger partial charge in [0.2, 0.25) is 11.8 Å². The number of hydrogen-bond acceptors (Lipinski definition) is 3. The topological polar surface area (TPSA) is 95.5 Å². The molecule has 120 valence electrons. The SMILES string of the molecule is CC(C)CC(=O)NCCC(=O)Nc1ccc(C(=O)O)cc1F. The molecular weight excluding hydrogens is 291 g/mol. The standard InChI is InChI=1S/C15H19FN2O4/c1-9(2)7-14(20)17-6-5-13(19)18-12-4-3-10(15(21)22)8-11(12)16/h3-4,8-9H,5-7H2,1-2H3,(H,17,20)(H,18,19)(H,21,22). The molecule has 3 N–H and O–H groups in total. The van der Waals surface area contributed by atoms with Gasteiger partial charge in [0.25, 0.3) is 0 Å². The second-order valence-corrected chi connectivity index (χ2v) is 5.25. The van der Waals surface area contributed by atoms with Crippen LogP contribution in [0.5, 0.6) is 0 Å². The number of aromatic carboxylic acids is 1. The first-order valence-electron chi connectivity index (χ1n) is 6.89. The number of anilines is 1. The number of carbonyl (C=O) groups is 3. The summed E-state index contributed by atoms with van der Waals surface area (Å²) in [6, 6.07) is 3.22. The summed E-state index contributed by atoms with van der Waals surface area (Å²) < 4.78 is 13.6. The second-order valence-electron chi connectivity index (χ2n) is 5.25. The van der Waals surface area contributed by atoms with E-state index < -0.39 is 17.7 Å².